The van der Waals surface area contributed by atoms with E-state index in [-0.39, 0.29) is 23.5 Å². The van der Waals surface area contributed by atoms with Crippen LogP contribution in [0.2, 0.25) is 5.02 Å². The van der Waals surface area contributed by atoms with Gasteiger partial charge in [-0.1, -0.05) is 23.7 Å². The maximum absolute atomic E-state index is 12.4. The molecule has 0 atom stereocenters. The number of carbonyl (C=O) groups is 1. The predicted molar refractivity (Wildman–Crippen MR) is 86.4 cm³/mol. The van der Waals surface area contributed by atoms with E-state index in [0.29, 0.717) is 5.02 Å². The van der Waals surface area contributed by atoms with Gasteiger partial charge in [0.25, 0.3) is 0 Å². The molecule has 0 unspecified atom stereocenters. The van der Waals surface area contributed by atoms with Crippen molar-refractivity contribution in [2.75, 3.05) is 17.2 Å². The van der Waals surface area contributed by atoms with Crippen molar-refractivity contribution < 1.29 is 22.7 Å². The standard InChI is InChI=1S/C16H11ClF3N3O2/c17-11-6-5-10(8-21)13(7-11)23-15(24)9-22-12-3-1-2-4-14(12)25-16(18,19)20/h1-7,22H,9H2,(H,23,24). The second-order valence-electron chi connectivity index (χ2n) is 4.75. The highest BCUT2D eigenvalue weighted by molar-refractivity contribution is 6.31. The van der Waals surface area contributed by atoms with E-state index in [1.807, 2.05) is 6.07 Å². The number of halogens is 4. The topological polar surface area (TPSA) is 74.2 Å². The molecule has 0 bridgehead atoms. The molecule has 2 aromatic carbocycles. The maximum Gasteiger partial charge on any atom is 0.573 e. The van der Waals surface area contributed by atoms with Crippen LogP contribution in [0.4, 0.5) is 24.5 Å². The van der Waals surface area contributed by atoms with Crippen molar-refractivity contribution in [1.29, 1.82) is 5.26 Å². The second kappa shape index (κ2) is 7.77. The number of para-hydroxylation sites is 2. The van der Waals surface area contributed by atoms with Gasteiger partial charge in [0.1, 0.15) is 6.07 Å². The van der Waals surface area contributed by atoms with Crippen molar-refractivity contribution in [2.45, 2.75) is 6.36 Å². The fourth-order valence-electron chi connectivity index (χ4n) is 1.91. The fraction of sp³-hybridized carbons (Fsp3) is 0.125. The number of hydrogen-bond acceptors (Lipinski definition) is 4. The quantitative estimate of drug-likeness (QED) is 0.830. The number of benzene rings is 2. The molecule has 9 heteroatoms. The monoisotopic (exact) mass is 369 g/mol. The highest BCUT2D eigenvalue weighted by Crippen LogP contribution is 2.29. The average molecular weight is 370 g/mol. The van der Waals surface area contributed by atoms with Gasteiger partial charge in [-0.05, 0) is 30.3 Å². The lowest BCUT2D eigenvalue weighted by Gasteiger charge is -2.14. The molecular formula is C16H11ClF3N3O2. The summed E-state index contributed by atoms with van der Waals surface area (Å²) in [5.74, 6) is -1.02. The van der Waals surface area contributed by atoms with Crippen LogP contribution in [0.5, 0.6) is 5.75 Å². The molecule has 0 aliphatic carbocycles. The molecule has 25 heavy (non-hydrogen) atoms. The number of ether oxygens (including phenoxy) is 1. The number of carbonyl (C=O) groups excluding carboxylic acids is 1. The van der Waals surface area contributed by atoms with E-state index in [1.165, 1.54) is 36.4 Å². The summed E-state index contributed by atoms with van der Waals surface area (Å²) in [7, 11) is 0. The van der Waals surface area contributed by atoms with Crippen LogP contribution in [-0.2, 0) is 4.79 Å². The summed E-state index contributed by atoms with van der Waals surface area (Å²) in [6, 6.07) is 11.6. The highest BCUT2D eigenvalue weighted by Gasteiger charge is 2.32. The van der Waals surface area contributed by atoms with Gasteiger partial charge in [0.2, 0.25) is 5.91 Å². The summed E-state index contributed by atoms with van der Waals surface area (Å²) < 4.78 is 41.0. The minimum absolute atomic E-state index is 0.00146. The Bertz CT molecular complexity index is 819. The second-order valence-corrected chi connectivity index (χ2v) is 5.18. The first-order valence-corrected chi connectivity index (χ1v) is 7.24. The van der Waals surface area contributed by atoms with Gasteiger partial charge in [-0.25, -0.2) is 0 Å². The number of amides is 1. The van der Waals surface area contributed by atoms with E-state index < -0.39 is 18.0 Å². The van der Waals surface area contributed by atoms with Crippen molar-refractivity contribution >= 4 is 28.9 Å². The average Bonchev–Trinajstić information content (AvgIpc) is 2.53. The lowest BCUT2D eigenvalue weighted by molar-refractivity contribution is -0.274. The van der Waals surface area contributed by atoms with Gasteiger partial charge in [-0.3, -0.25) is 4.79 Å². The van der Waals surface area contributed by atoms with Crippen molar-refractivity contribution in [3.63, 3.8) is 0 Å². The Morgan fingerprint density at radius 3 is 2.60 bits per heavy atom. The minimum atomic E-state index is -4.84. The van der Waals surface area contributed by atoms with Crippen LogP contribution < -0.4 is 15.4 Å². The summed E-state index contributed by atoms with van der Waals surface area (Å²) in [5, 5.41) is 14.3. The number of anilines is 2. The van der Waals surface area contributed by atoms with Gasteiger partial charge >= 0.3 is 6.36 Å². The summed E-state index contributed by atoms with van der Waals surface area (Å²) in [6.45, 7) is -0.338. The first-order valence-electron chi connectivity index (χ1n) is 6.86. The third-order valence-corrected chi connectivity index (χ3v) is 3.16. The number of hydrogen-bond donors (Lipinski definition) is 2. The smallest absolute Gasteiger partial charge is 0.404 e. The Hall–Kier alpha value is -2.92. The van der Waals surface area contributed by atoms with Crippen LogP contribution in [-0.4, -0.2) is 18.8 Å². The first-order chi connectivity index (χ1) is 11.8. The van der Waals surface area contributed by atoms with E-state index in [0.717, 1.165) is 6.07 Å². The van der Waals surface area contributed by atoms with Gasteiger partial charge < -0.3 is 15.4 Å². The largest absolute Gasteiger partial charge is 0.573 e. The molecule has 0 fully saturated rings. The number of nitriles is 1. The number of alkyl halides is 3. The molecule has 2 rings (SSSR count). The third kappa shape index (κ3) is 5.58. The van der Waals surface area contributed by atoms with Crippen LogP contribution in [0.1, 0.15) is 5.56 Å². The zero-order valence-corrected chi connectivity index (χ0v) is 13.3. The molecule has 0 aromatic heterocycles. The summed E-state index contributed by atoms with van der Waals surface area (Å²) in [6.07, 6.45) is -4.84. The molecule has 0 saturated carbocycles. The summed E-state index contributed by atoms with van der Waals surface area (Å²) >= 11 is 5.81. The molecule has 2 aromatic rings. The Labute approximate surface area is 146 Å². The molecule has 0 saturated heterocycles. The fourth-order valence-corrected chi connectivity index (χ4v) is 2.09. The van der Waals surface area contributed by atoms with Crippen LogP contribution >= 0.6 is 11.6 Å². The van der Waals surface area contributed by atoms with Crippen molar-refractivity contribution in [2.24, 2.45) is 0 Å². The number of nitrogens with zero attached hydrogens (tertiary/aromatic N) is 1. The van der Waals surface area contributed by atoms with Crippen LogP contribution in [0.3, 0.4) is 0 Å². The Kier molecular flexibility index (Phi) is 5.72. The molecule has 5 nitrogen and oxygen atoms in total. The Morgan fingerprint density at radius 1 is 1.20 bits per heavy atom. The molecule has 2 N–H and O–H groups in total. The van der Waals surface area contributed by atoms with Crippen LogP contribution in [0.15, 0.2) is 42.5 Å². The van der Waals surface area contributed by atoms with Gasteiger partial charge in [0, 0.05) is 5.02 Å². The Morgan fingerprint density at radius 2 is 1.92 bits per heavy atom. The maximum atomic E-state index is 12.4. The lowest BCUT2D eigenvalue weighted by Crippen LogP contribution is -2.23. The molecule has 0 heterocycles. The van der Waals surface area contributed by atoms with E-state index in [4.69, 9.17) is 16.9 Å². The van der Waals surface area contributed by atoms with Gasteiger partial charge in [-0.2, -0.15) is 5.26 Å². The van der Waals surface area contributed by atoms with E-state index in [1.54, 1.807) is 0 Å². The number of nitrogens with one attached hydrogen (secondary N) is 2. The van der Waals surface area contributed by atoms with Crippen LogP contribution in [0.25, 0.3) is 0 Å². The molecule has 0 spiro atoms. The number of rotatable bonds is 5. The van der Waals surface area contributed by atoms with Gasteiger partial charge in [0.15, 0.2) is 5.75 Å². The van der Waals surface area contributed by atoms with Crippen LogP contribution in [0, 0.1) is 11.3 Å². The zero-order chi connectivity index (χ0) is 18.4. The molecule has 0 aliphatic heterocycles. The molecule has 0 aliphatic rings. The van der Waals surface area contributed by atoms with E-state index >= 15 is 0 Å². The minimum Gasteiger partial charge on any atom is -0.404 e. The molecule has 1 amide bonds. The zero-order valence-electron chi connectivity index (χ0n) is 12.5. The molecule has 0 radical (unpaired) electrons. The van der Waals surface area contributed by atoms with E-state index in [9.17, 15) is 18.0 Å². The van der Waals surface area contributed by atoms with E-state index in [2.05, 4.69) is 15.4 Å². The lowest BCUT2D eigenvalue weighted by atomic mass is 10.2. The predicted octanol–water partition coefficient (Wildman–Crippen LogP) is 4.16. The molecular weight excluding hydrogens is 359 g/mol. The third-order valence-electron chi connectivity index (χ3n) is 2.93. The van der Waals surface area contributed by atoms with Crippen molar-refractivity contribution in [1.82, 2.24) is 0 Å². The van der Waals surface area contributed by atoms with Gasteiger partial charge in [-0.15, -0.1) is 13.2 Å². The normalized spacial score (nSPS) is 10.7. The highest BCUT2D eigenvalue weighted by atomic mass is 35.5. The van der Waals surface area contributed by atoms with Gasteiger partial charge in [0.05, 0.1) is 23.5 Å². The first kappa shape index (κ1) is 18.4. The Balaban J connectivity index is 2.04. The summed E-state index contributed by atoms with van der Waals surface area (Å²) in [5.41, 5.74) is 0.418. The summed E-state index contributed by atoms with van der Waals surface area (Å²) in [4.78, 5) is 12.0. The van der Waals surface area contributed by atoms with Crippen molar-refractivity contribution in [3.05, 3.63) is 53.1 Å². The SMILES string of the molecule is N#Cc1ccc(Cl)cc1NC(=O)CNc1ccccc1OC(F)(F)F. The van der Waals surface area contributed by atoms with Crippen molar-refractivity contribution in [3.8, 4) is 11.8 Å². The molecule has 130 valence electrons.